The van der Waals surface area contributed by atoms with Crippen molar-refractivity contribution in [3.63, 3.8) is 0 Å². The molecular weight excluding hydrogens is 326 g/mol. The lowest BCUT2D eigenvalue weighted by Crippen LogP contribution is -2.20. The fourth-order valence-electron chi connectivity index (χ4n) is 1.68. The van der Waals surface area contributed by atoms with Crippen LogP contribution in [-0.2, 0) is 7.05 Å². The number of amidine groups is 1. The second-order valence-corrected chi connectivity index (χ2v) is 4.89. The Morgan fingerprint density at radius 1 is 1.50 bits per heavy atom. The molecule has 1 amide bonds. The minimum absolute atomic E-state index is 0.0854. The molecule has 8 heteroatoms. The molecule has 1 aromatic carbocycles. The molecule has 0 saturated carbocycles. The molecule has 0 aliphatic carbocycles. The van der Waals surface area contributed by atoms with Crippen LogP contribution < -0.4 is 11.1 Å². The van der Waals surface area contributed by atoms with Crippen LogP contribution in [0, 0.1) is 0 Å². The van der Waals surface area contributed by atoms with Gasteiger partial charge in [-0.25, -0.2) is 0 Å². The second kappa shape index (κ2) is 5.74. The highest BCUT2D eigenvalue weighted by atomic mass is 79.9. The average molecular weight is 338 g/mol. The number of oxime groups is 1. The number of aromatic nitrogens is 2. The summed E-state index contributed by atoms with van der Waals surface area (Å²) in [5, 5.41) is 18.4. The van der Waals surface area contributed by atoms with Gasteiger partial charge < -0.3 is 16.3 Å². The number of carbonyl (C=O) groups is 1. The van der Waals surface area contributed by atoms with Crippen molar-refractivity contribution in [1.29, 1.82) is 0 Å². The van der Waals surface area contributed by atoms with Crippen molar-refractivity contribution in [3.8, 4) is 0 Å². The van der Waals surface area contributed by atoms with Gasteiger partial charge in [-0.05, 0) is 24.3 Å². The molecule has 0 unspecified atom stereocenters. The van der Waals surface area contributed by atoms with E-state index in [0.717, 1.165) is 4.47 Å². The first-order valence-electron chi connectivity index (χ1n) is 5.59. The van der Waals surface area contributed by atoms with E-state index in [4.69, 9.17) is 10.9 Å². The molecule has 1 heterocycles. The van der Waals surface area contributed by atoms with E-state index in [1.165, 1.54) is 10.9 Å². The van der Waals surface area contributed by atoms with Crippen LogP contribution in [0.1, 0.15) is 16.1 Å². The predicted molar refractivity (Wildman–Crippen MR) is 77.8 cm³/mol. The normalized spacial score (nSPS) is 11.4. The molecule has 0 spiro atoms. The Balaban J connectivity index is 2.36. The quantitative estimate of drug-likeness (QED) is 0.341. The average Bonchev–Trinajstić information content (AvgIpc) is 2.84. The third-order valence-corrected chi connectivity index (χ3v) is 3.16. The van der Waals surface area contributed by atoms with Gasteiger partial charge in [0.1, 0.15) is 5.69 Å². The molecule has 0 atom stereocenters. The number of benzene rings is 1. The summed E-state index contributed by atoms with van der Waals surface area (Å²) in [4.78, 5) is 12.1. The van der Waals surface area contributed by atoms with E-state index in [0.29, 0.717) is 16.9 Å². The molecule has 0 bridgehead atoms. The fraction of sp³-hybridized carbons (Fsp3) is 0.0833. The lowest BCUT2D eigenvalue weighted by Gasteiger charge is -2.10. The van der Waals surface area contributed by atoms with Crippen molar-refractivity contribution in [2.24, 2.45) is 17.9 Å². The highest BCUT2D eigenvalue weighted by molar-refractivity contribution is 9.10. The second-order valence-electron chi connectivity index (χ2n) is 3.97. The van der Waals surface area contributed by atoms with Crippen LogP contribution >= 0.6 is 15.9 Å². The van der Waals surface area contributed by atoms with Gasteiger partial charge >= 0.3 is 0 Å². The molecule has 0 aliphatic rings. The number of hydrogen-bond acceptors (Lipinski definition) is 4. The molecule has 2 aromatic rings. The van der Waals surface area contributed by atoms with E-state index in [2.05, 4.69) is 31.5 Å². The molecule has 104 valence electrons. The first kappa shape index (κ1) is 14.1. The Morgan fingerprint density at radius 3 is 2.85 bits per heavy atom. The van der Waals surface area contributed by atoms with Gasteiger partial charge in [0.05, 0.1) is 5.69 Å². The topological polar surface area (TPSA) is 106 Å². The van der Waals surface area contributed by atoms with Crippen molar-refractivity contribution < 1.29 is 10.0 Å². The van der Waals surface area contributed by atoms with Crippen LogP contribution in [-0.4, -0.2) is 26.7 Å². The predicted octanol–water partition coefficient (Wildman–Crippen LogP) is 1.53. The number of nitrogens with two attached hydrogens (primary N) is 1. The Hall–Kier alpha value is -2.35. The summed E-state index contributed by atoms with van der Waals surface area (Å²) >= 11 is 3.31. The van der Waals surface area contributed by atoms with Crippen molar-refractivity contribution in [1.82, 2.24) is 9.78 Å². The van der Waals surface area contributed by atoms with Crippen LogP contribution in [0.15, 0.2) is 40.1 Å². The maximum atomic E-state index is 12.1. The molecular formula is C12H12BrN5O2. The SMILES string of the molecule is Cn1nccc1C(=O)Nc1cc(Br)ccc1/C(N)=N/O. The number of halogens is 1. The smallest absolute Gasteiger partial charge is 0.273 e. The van der Waals surface area contributed by atoms with Crippen LogP contribution in [0.25, 0.3) is 0 Å². The first-order valence-corrected chi connectivity index (χ1v) is 6.39. The first-order chi connectivity index (χ1) is 9.52. The zero-order valence-corrected chi connectivity index (χ0v) is 12.1. The van der Waals surface area contributed by atoms with E-state index < -0.39 is 0 Å². The minimum atomic E-state index is -0.338. The molecule has 20 heavy (non-hydrogen) atoms. The summed E-state index contributed by atoms with van der Waals surface area (Å²) in [5.74, 6) is -0.423. The maximum absolute atomic E-state index is 12.1. The zero-order valence-electron chi connectivity index (χ0n) is 10.5. The van der Waals surface area contributed by atoms with Gasteiger partial charge in [-0.15, -0.1) is 0 Å². The van der Waals surface area contributed by atoms with E-state index in [9.17, 15) is 4.79 Å². The molecule has 4 N–H and O–H groups in total. The van der Waals surface area contributed by atoms with Crippen LogP contribution in [0.5, 0.6) is 0 Å². The van der Waals surface area contributed by atoms with Crippen molar-refractivity contribution in [2.75, 3.05) is 5.32 Å². The Morgan fingerprint density at radius 2 is 2.25 bits per heavy atom. The highest BCUT2D eigenvalue weighted by Crippen LogP contribution is 2.22. The third kappa shape index (κ3) is 2.80. The van der Waals surface area contributed by atoms with E-state index in [1.54, 1.807) is 31.3 Å². The summed E-state index contributed by atoms with van der Waals surface area (Å²) in [6, 6.07) is 6.63. The lowest BCUT2D eigenvalue weighted by molar-refractivity contribution is 0.101. The standard InChI is InChI=1S/C12H12BrN5O2/c1-18-10(4-5-15-18)12(19)16-9-6-7(13)2-3-8(9)11(14)17-20/h2-6,20H,1H3,(H2,14,17)(H,16,19). The molecule has 1 aromatic heterocycles. The number of carbonyl (C=O) groups excluding carboxylic acids is 1. The van der Waals surface area contributed by atoms with Crippen LogP contribution in [0.2, 0.25) is 0 Å². The lowest BCUT2D eigenvalue weighted by atomic mass is 10.1. The highest BCUT2D eigenvalue weighted by Gasteiger charge is 2.14. The molecule has 0 saturated heterocycles. The number of rotatable bonds is 3. The van der Waals surface area contributed by atoms with Crippen LogP contribution in [0.4, 0.5) is 5.69 Å². The summed E-state index contributed by atoms with van der Waals surface area (Å²) in [7, 11) is 1.67. The van der Waals surface area contributed by atoms with Gasteiger partial charge in [0.15, 0.2) is 5.84 Å². The molecule has 7 nitrogen and oxygen atoms in total. The van der Waals surface area contributed by atoms with Crippen LogP contribution in [0.3, 0.4) is 0 Å². The van der Waals surface area contributed by atoms with Crippen molar-refractivity contribution in [2.45, 2.75) is 0 Å². The fourth-order valence-corrected chi connectivity index (χ4v) is 2.04. The third-order valence-electron chi connectivity index (χ3n) is 2.67. The number of amides is 1. The Kier molecular flexibility index (Phi) is 4.04. The number of nitrogens with zero attached hydrogens (tertiary/aromatic N) is 3. The zero-order chi connectivity index (χ0) is 14.7. The Labute approximate surface area is 123 Å². The molecule has 0 radical (unpaired) electrons. The number of hydrogen-bond donors (Lipinski definition) is 3. The van der Waals surface area contributed by atoms with E-state index >= 15 is 0 Å². The number of aryl methyl sites for hydroxylation is 1. The van der Waals surface area contributed by atoms with Crippen molar-refractivity contribution >= 4 is 33.4 Å². The minimum Gasteiger partial charge on any atom is -0.409 e. The van der Waals surface area contributed by atoms with Crippen molar-refractivity contribution in [3.05, 3.63) is 46.2 Å². The molecule has 0 aliphatic heterocycles. The molecule has 2 rings (SSSR count). The number of anilines is 1. The van der Waals surface area contributed by atoms with Gasteiger partial charge in [-0.1, -0.05) is 21.1 Å². The Bertz CT molecular complexity index is 680. The van der Waals surface area contributed by atoms with Gasteiger partial charge in [0.25, 0.3) is 5.91 Å². The van der Waals surface area contributed by atoms with E-state index in [-0.39, 0.29) is 11.7 Å². The van der Waals surface area contributed by atoms with Gasteiger partial charge in [-0.2, -0.15) is 5.10 Å². The summed E-state index contributed by atoms with van der Waals surface area (Å²) in [6.45, 7) is 0. The van der Waals surface area contributed by atoms with Gasteiger partial charge in [0, 0.05) is 23.3 Å². The maximum Gasteiger partial charge on any atom is 0.273 e. The summed E-state index contributed by atoms with van der Waals surface area (Å²) in [5.41, 5.74) is 6.84. The largest absolute Gasteiger partial charge is 0.409 e. The van der Waals surface area contributed by atoms with Gasteiger partial charge in [-0.3, -0.25) is 9.48 Å². The van der Waals surface area contributed by atoms with Gasteiger partial charge in [0.2, 0.25) is 0 Å². The van der Waals surface area contributed by atoms with E-state index in [1.807, 2.05) is 0 Å². The number of nitrogens with one attached hydrogen (secondary N) is 1. The molecule has 0 fully saturated rings. The monoisotopic (exact) mass is 337 g/mol. The summed E-state index contributed by atoms with van der Waals surface area (Å²) in [6.07, 6.45) is 1.53. The summed E-state index contributed by atoms with van der Waals surface area (Å²) < 4.78 is 2.21.